The molecule has 0 saturated heterocycles. The average Bonchev–Trinajstić information content (AvgIpc) is 2.63. The molecule has 0 atom stereocenters. The van der Waals surface area contributed by atoms with Crippen LogP contribution in [0.3, 0.4) is 0 Å². The molecule has 0 aliphatic rings. The van der Waals surface area contributed by atoms with Gasteiger partial charge in [0.2, 0.25) is 0 Å². The first-order chi connectivity index (χ1) is 12.4. The zero-order chi connectivity index (χ0) is 18.3. The first kappa shape index (κ1) is 28.5. The van der Waals surface area contributed by atoms with Gasteiger partial charge < -0.3 is 4.74 Å². The molecule has 0 aromatic heterocycles. The van der Waals surface area contributed by atoms with Crippen molar-refractivity contribution in [1.82, 2.24) is 0 Å². The van der Waals surface area contributed by atoms with Crippen molar-refractivity contribution in [3.63, 3.8) is 0 Å². The minimum absolute atomic E-state index is 0. The molecule has 0 aromatic carbocycles. The van der Waals surface area contributed by atoms with Gasteiger partial charge in [-0.1, -0.05) is 129 Å². The third-order valence-electron chi connectivity index (χ3n) is 5.28. The summed E-state index contributed by atoms with van der Waals surface area (Å²) in [5.74, 6) is 0. The number of unbranched alkanes of at least 4 members (excludes halogenated alkanes) is 18. The van der Waals surface area contributed by atoms with E-state index in [0.717, 1.165) is 13.2 Å². The zero-order valence-electron chi connectivity index (χ0n) is 18.5. The molecule has 0 spiro atoms. The van der Waals surface area contributed by atoms with Crippen LogP contribution in [0.4, 0.5) is 0 Å². The van der Waals surface area contributed by atoms with E-state index in [-0.39, 0.29) is 13.5 Å². The molecule has 0 bridgehead atoms. The quantitative estimate of drug-likeness (QED) is 0.168. The zero-order valence-corrected chi connectivity index (χ0v) is 19.5. The van der Waals surface area contributed by atoms with Gasteiger partial charge in [-0.25, -0.2) is 0 Å². The summed E-state index contributed by atoms with van der Waals surface area (Å²) in [4.78, 5) is 0. The third kappa shape index (κ3) is 26.5. The molecule has 0 aliphatic carbocycles. The molecule has 1 nitrogen and oxygen atoms in total. The second-order valence-corrected chi connectivity index (χ2v) is 7.98. The second kappa shape index (κ2) is 27.5. The Hall–Kier alpha value is 0.310. The Kier molecular flexibility index (Phi) is 30.2. The Morgan fingerprint density at radius 2 is 0.577 bits per heavy atom. The van der Waals surface area contributed by atoms with Gasteiger partial charge in [0.1, 0.15) is 0 Å². The molecular weight excluding hydrogens is 336 g/mol. The van der Waals surface area contributed by atoms with Crippen LogP contribution in [0.1, 0.15) is 142 Å². The molecule has 0 heterocycles. The number of rotatable bonds is 22. The molecule has 0 rings (SSSR count). The lowest BCUT2D eigenvalue weighted by atomic mass is 10.1. The standard InChI is InChI=1S/C24H50O.H2S/c1-3-5-7-9-11-13-15-17-19-21-23-25-24-22-20-18-16-14-12-10-8-6-4-2;/h3-24H2,1-2H3;1H2. The lowest BCUT2D eigenvalue weighted by Crippen LogP contribution is -1.97. The van der Waals surface area contributed by atoms with E-state index in [2.05, 4.69) is 13.8 Å². The summed E-state index contributed by atoms with van der Waals surface area (Å²) in [6.07, 6.45) is 28.2. The predicted octanol–water partition coefficient (Wildman–Crippen LogP) is 8.96. The third-order valence-corrected chi connectivity index (χ3v) is 5.28. The van der Waals surface area contributed by atoms with E-state index >= 15 is 0 Å². The maximum absolute atomic E-state index is 5.78. The SMILES string of the molecule is CCCCCCCCCCCCOCCCCCCCCCCCC.S. The monoisotopic (exact) mass is 388 g/mol. The topological polar surface area (TPSA) is 9.23 Å². The van der Waals surface area contributed by atoms with Crippen molar-refractivity contribution in [2.24, 2.45) is 0 Å². The van der Waals surface area contributed by atoms with Crippen LogP contribution in [0.2, 0.25) is 0 Å². The van der Waals surface area contributed by atoms with Crippen LogP contribution in [0, 0.1) is 0 Å². The highest BCUT2D eigenvalue weighted by atomic mass is 32.1. The van der Waals surface area contributed by atoms with Gasteiger partial charge >= 0.3 is 0 Å². The summed E-state index contributed by atoms with van der Waals surface area (Å²) in [6, 6.07) is 0. The molecule has 0 N–H and O–H groups in total. The van der Waals surface area contributed by atoms with Gasteiger partial charge in [-0.2, -0.15) is 13.5 Å². The Bertz CT molecular complexity index is 198. The minimum atomic E-state index is 0. The molecule has 0 fully saturated rings. The van der Waals surface area contributed by atoms with Gasteiger partial charge in [0.25, 0.3) is 0 Å². The Morgan fingerprint density at radius 1 is 0.346 bits per heavy atom. The van der Waals surface area contributed by atoms with Crippen molar-refractivity contribution in [3.05, 3.63) is 0 Å². The summed E-state index contributed by atoms with van der Waals surface area (Å²) in [7, 11) is 0. The summed E-state index contributed by atoms with van der Waals surface area (Å²) >= 11 is 0. The van der Waals surface area contributed by atoms with E-state index in [0.29, 0.717) is 0 Å². The van der Waals surface area contributed by atoms with Crippen molar-refractivity contribution in [2.75, 3.05) is 13.2 Å². The second-order valence-electron chi connectivity index (χ2n) is 7.98. The van der Waals surface area contributed by atoms with E-state index in [4.69, 9.17) is 4.74 Å². The van der Waals surface area contributed by atoms with Crippen molar-refractivity contribution in [1.29, 1.82) is 0 Å². The van der Waals surface area contributed by atoms with Crippen LogP contribution in [0.5, 0.6) is 0 Å². The van der Waals surface area contributed by atoms with E-state index in [9.17, 15) is 0 Å². The molecule has 0 amide bonds. The molecule has 0 aliphatic heterocycles. The van der Waals surface area contributed by atoms with Gasteiger partial charge in [-0.3, -0.25) is 0 Å². The van der Waals surface area contributed by atoms with E-state index in [1.165, 1.54) is 128 Å². The molecular formula is C24H52OS. The van der Waals surface area contributed by atoms with Gasteiger partial charge in [0.05, 0.1) is 0 Å². The van der Waals surface area contributed by atoms with Crippen LogP contribution in [-0.4, -0.2) is 13.2 Å². The lowest BCUT2D eigenvalue weighted by molar-refractivity contribution is 0.125. The first-order valence-corrected chi connectivity index (χ1v) is 12.0. The summed E-state index contributed by atoms with van der Waals surface area (Å²) in [6.45, 7) is 6.57. The number of hydrogen-bond donors (Lipinski definition) is 0. The average molecular weight is 389 g/mol. The van der Waals surface area contributed by atoms with Crippen molar-refractivity contribution >= 4 is 13.5 Å². The Labute approximate surface area is 173 Å². The largest absolute Gasteiger partial charge is 0.381 e. The highest BCUT2D eigenvalue weighted by molar-refractivity contribution is 7.59. The fourth-order valence-electron chi connectivity index (χ4n) is 3.49. The number of hydrogen-bond acceptors (Lipinski definition) is 1. The van der Waals surface area contributed by atoms with Gasteiger partial charge in [-0.05, 0) is 12.8 Å². The Balaban J connectivity index is 0. The molecule has 0 aromatic rings. The van der Waals surface area contributed by atoms with Crippen LogP contribution >= 0.6 is 13.5 Å². The Morgan fingerprint density at radius 3 is 0.846 bits per heavy atom. The fourth-order valence-corrected chi connectivity index (χ4v) is 3.49. The summed E-state index contributed by atoms with van der Waals surface area (Å²) in [5.41, 5.74) is 0. The van der Waals surface area contributed by atoms with Gasteiger partial charge in [-0.15, -0.1) is 0 Å². The normalized spacial score (nSPS) is 10.8. The highest BCUT2D eigenvalue weighted by Crippen LogP contribution is 2.12. The maximum Gasteiger partial charge on any atom is 0.0466 e. The van der Waals surface area contributed by atoms with Crippen molar-refractivity contribution < 1.29 is 4.74 Å². The number of ether oxygens (including phenoxy) is 1. The summed E-state index contributed by atoms with van der Waals surface area (Å²) in [5, 5.41) is 0. The van der Waals surface area contributed by atoms with Crippen LogP contribution in [-0.2, 0) is 4.74 Å². The first-order valence-electron chi connectivity index (χ1n) is 12.0. The minimum Gasteiger partial charge on any atom is -0.381 e. The van der Waals surface area contributed by atoms with Gasteiger partial charge in [0.15, 0.2) is 0 Å². The van der Waals surface area contributed by atoms with Crippen LogP contribution in [0.15, 0.2) is 0 Å². The van der Waals surface area contributed by atoms with E-state index in [1.54, 1.807) is 0 Å². The molecule has 0 saturated carbocycles. The molecule has 0 unspecified atom stereocenters. The smallest absolute Gasteiger partial charge is 0.0466 e. The molecule has 0 radical (unpaired) electrons. The van der Waals surface area contributed by atoms with Gasteiger partial charge in [0, 0.05) is 13.2 Å². The maximum atomic E-state index is 5.78. The lowest BCUT2D eigenvalue weighted by Gasteiger charge is -2.05. The van der Waals surface area contributed by atoms with E-state index < -0.39 is 0 Å². The highest BCUT2D eigenvalue weighted by Gasteiger charge is 1.95. The van der Waals surface area contributed by atoms with Crippen LogP contribution < -0.4 is 0 Å². The molecule has 2 heteroatoms. The fraction of sp³-hybridized carbons (Fsp3) is 1.00. The van der Waals surface area contributed by atoms with Crippen LogP contribution in [0.25, 0.3) is 0 Å². The predicted molar refractivity (Wildman–Crippen MR) is 125 cm³/mol. The van der Waals surface area contributed by atoms with E-state index in [1.807, 2.05) is 0 Å². The molecule has 160 valence electrons. The molecule has 26 heavy (non-hydrogen) atoms. The van der Waals surface area contributed by atoms with Crippen molar-refractivity contribution in [3.8, 4) is 0 Å². The summed E-state index contributed by atoms with van der Waals surface area (Å²) < 4.78 is 5.78. The van der Waals surface area contributed by atoms with Crippen molar-refractivity contribution in [2.45, 2.75) is 142 Å².